The van der Waals surface area contributed by atoms with Crippen LogP contribution in [-0.4, -0.2) is 14.5 Å². The van der Waals surface area contributed by atoms with Gasteiger partial charge in [0.25, 0.3) is 0 Å². The van der Waals surface area contributed by atoms with Gasteiger partial charge < -0.3 is 9.55 Å². The third-order valence-electron chi connectivity index (χ3n) is 8.70. The number of H-pyrrole nitrogens is 1. The molecule has 10 rings (SSSR count). The van der Waals surface area contributed by atoms with Crippen molar-refractivity contribution in [1.82, 2.24) is 14.5 Å². The SMILES string of the molecule is Clc1nc2ccc3sc4ccc(-c5cccc(-n6c7ccccc7c7cc8c(cc76)[nH]c6ccccc68)c5)cc4c3c2s1. The van der Waals surface area contributed by atoms with Crippen LogP contribution in [0.15, 0.2) is 115 Å². The number of thiazole rings is 1. The van der Waals surface area contributed by atoms with Crippen LogP contribution in [0.2, 0.25) is 4.47 Å². The van der Waals surface area contributed by atoms with E-state index in [0.717, 1.165) is 26.9 Å². The summed E-state index contributed by atoms with van der Waals surface area (Å²) in [6, 6.07) is 41.9. The zero-order valence-corrected chi connectivity index (χ0v) is 24.9. The molecule has 6 aromatic carbocycles. The first-order chi connectivity index (χ1) is 21.2. The largest absolute Gasteiger partial charge is 0.354 e. The van der Waals surface area contributed by atoms with Crippen molar-refractivity contribution in [3.05, 3.63) is 120 Å². The summed E-state index contributed by atoms with van der Waals surface area (Å²) in [4.78, 5) is 8.18. The minimum atomic E-state index is 0.585. The molecule has 0 aliphatic heterocycles. The van der Waals surface area contributed by atoms with E-state index in [1.165, 1.54) is 63.9 Å². The standard InChI is InChI=1S/C37H20ClN3S2/c38-37-40-29-13-15-34-35(36(29)43-37)27-17-21(12-14-33(27)42-34)20-6-5-7-22(16-20)41-31-11-4-2-9-24(31)26-18-25-23-8-1-3-10-28(23)39-30(25)19-32(26)41/h1-19,39H. The average molecular weight is 606 g/mol. The molecule has 1 N–H and O–H groups in total. The van der Waals surface area contributed by atoms with Crippen molar-refractivity contribution in [2.45, 2.75) is 0 Å². The number of nitrogens with zero attached hydrogens (tertiary/aromatic N) is 2. The summed E-state index contributed by atoms with van der Waals surface area (Å²) in [6.45, 7) is 0. The summed E-state index contributed by atoms with van der Waals surface area (Å²) in [5, 5.41) is 7.54. The fourth-order valence-corrected chi connectivity index (χ4v) is 9.15. The fraction of sp³-hybridized carbons (Fsp3) is 0. The highest BCUT2D eigenvalue weighted by Crippen LogP contribution is 2.43. The topological polar surface area (TPSA) is 33.6 Å². The number of nitrogens with one attached hydrogen (secondary N) is 1. The lowest BCUT2D eigenvalue weighted by Gasteiger charge is -2.11. The molecule has 0 radical (unpaired) electrons. The second-order valence-electron chi connectivity index (χ2n) is 11.1. The van der Waals surface area contributed by atoms with E-state index in [9.17, 15) is 0 Å². The molecule has 202 valence electrons. The number of thiophene rings is 1. The predicted molar refractivity (Wildman–Crippen MR) is 187 cm³/mol. The number of para-hydroxylation sites is 2. The molecule has 0 spiro atoms. The first kappa shape index (κ1) is 23.8. The van der Waals surface area contributed by atoms with Gasteiger partial charge in [-0.25, -0.2) is 4.98 Å². The molecule has 0 unspecified atom stereocenters. The van der Waals surface area contributed by atoms with Gasteiger partial charge in [0.05, 0.1) is 21.3 Å². The molecular weight excluding hydrogens is 586 g/mol. The maximum atomic E-state index is 6.34. The van der Waals surface area contributed by atoms with Gasteiger partial charge in [0.1, 0.15) is 0 Å². The Morgan fingerprint density at radius 3 is 2.37 bits per heavy atom. The lowest BCUT2D eigenvalue weighted by molar-refractivity contribution is 1.18. The van der Waals surface area contributed by atoms with Crippen LogP contribution in [0.3, 0.4) is 0 Å². The van der Waals surface area contributed by atoms with E-state index < -0.39 is 0 Å². The second kappa shape index (κ2) is 8.68. The molecule has 10 aromatic rings. The molecule has 0 saturated heterocycles. The normalized spacial score (nSPS) is 12.3. The van der Waals surface area contributed by atoms with Crippen molar-refractivity contribution < 1.29 is 0 Å². The van der Waals surface area contributed by atoms with Crippen LogP contribution in [0.5, 0.6) is 0 Å². The second-order valence-corrected chi connectivity index (χ2v) is 13.7. The summed E-state index contributed by atoms with van der Waals surface area (Å²) in [7, 11) is 0. The molecule has 4 aromatic heterocycles. The van der Waals surface area contributed by atoms with E-state index in [1.807, 2.05) is 11.3 Å². The molecular formula is C37H20ClN3S2. The van der Waals surface area contributed by atoms with Gasteiger partial charge in [-0.3, -0.25) is 0 Å². The molecule has 0 aliphatic carbocycles. The Balaban J connectivity index is 1.21. The summed E-state index contributed by atoms with van der Waals surface area (Å²) in [5.41, 5.74) is 9.20. The number of halogens is 1. The van der Waals surface area contributed by atoms with E-state index >= 15 is 0 Å². The van der Waals surface area contributed by atoms with E-state index in [-0.39, 0.29) is 0 Å². The molecule has 3 nitrogen and oxygen atoms in total. The Kier molecular flexibility index (Phi) is 4.81. The highest BCUT2D eigenvalue weighted by atomic mass is 35.5. The zero-order chi connectivity index (χ0) is 28.2. The molecule has 0 aliphatic rings. The van der Waals surface area contributed by atoms with Crippen LogP contribution in [0.25, 0.3) is 90.8 Å². The molecule has 6 heteroatoms. The van der Waals surface area contributed by atoms with Gasteiger partial charge in [0.2, 0.25) is 0 Å². The number of hydrogen-bond acceptors (Lipinski definition) is 3. The van der Waals surface area contributed by atoms with E-state index in [4.69, 9.17) is 11.6 Å². The zero-order valence-electron chi connectivity index (χ0n) is 22.6. The van der Waals surface area contributed by atoms with Crippen LogP contribution in [0.1, 0.15) is 0 Å². The highest BCUT2D eigenvalue weighted by Gasteiger charge is 2.17. The first-order valence-electron chi connectivity index (χ1n) is 14.2. The first-order valence-corrected chi connectivity index (χ1v) is 16.2. The number of fused-ring (bicyclic) bond motifs is 11. The van der Waals surface area contributed by atoms with Crippen LogP contribution >= 0.6 is 34.3 Å². The Morgan fingerprint density at radius 1 is 0.581 bits per heavy atom. The van der Waals surface area contributed by atoms with Crippen LogP contribution in [0.4, 0.5) is 0 Å². The predicted octanol–water partition coefficient (Wildman–Crippen LogP) is 11.7. The number of aromatic nitrogens is 3. The minimum absolute atomic E-state index is 0.585. The smallest absolute Gasteiger partial charge is 0.184 e. The monoisotopic (exact) mass is 605 g/mol. The summed E-state index contributed by atoms with van der Waals surface area (Å²) >= 11 is 9.72. The van der Waals surface area contributed by atoms with Gasteiger partial charge in [0.15, 0.2) is 4.47 Å². The van der Waals surface area contributed by atoms with Gasteiger partial charge in [-0.1, -0.05) is 66.2 Å². The van der Waals surface area contributed by atoms with Crippen molar-refractivity contribution in [2.24, 2.45) is 0 Å². The van der Waals surface area contributed by atoms with E-state index in [2.05, 4.69) is 130 Å². The Labute approximate surface area is 258 Å². The molecule has 0 amide bonds. The average Bonchev–Trinajstić information content (AvgIpc) is 3.78. The Hall–Kier alpha value is -4.68. The van der Waals surface area contributed by atoms with Crippen molar-refractivity contribution in [3.63, 3.8) is 0 Å². The molecule has 0 atom stereocenters. The number of rotatable bonds is 2. The number of hydrogen-bond donors (Lipinski definition) is 1. The lowest BCUT2D eigenvalue weighted by atomic mass is 10.0. The van der Waals surface area contributed by atoms with Gasteiger partial charge >= 0.3 is 0 Å². The maximum Gasteiger partial charge on any atom is 0.184 e. The third-order valence-corrected chi connectivity index (χ3v) is 11.0. The van der Waals surface area contributed by atoms with Gasteiger partial charge in [-0.2, -0.15) is 0 Å². The van der Waals surface area contributed by atoms with Gasteiger partial charge in [-0.05, 0) is 71.8 Å². The van der Waals surface area contributed by atoms with Gasteiger partial charge in [0, 0.05) is 58.4 Å². The highest BCUT2D eigenvalue weighted by molar-refractivity contribution is 7.28. The molecule has 0 saturated carbocycles. The molecule has 0 fully saturated rings. The molecule has 4 heterocycles. The lowest BCUT2D eigenvalue weighted by Crippen LogP contribution is -1.94. The van der Waals surface area contributed by atoms with Crippen molar-refractivity contribution in [1.29, 1.82) is 0 Å². The van der Waals surface area contributed by atoms with E-state index in [1.54, 1.807) is 11.3 Å². The number of benzene rings is 6. The third kappa shape index (κ3) is 3.38. The van der Waals surface area contributed by atoms with Crippen molar-refractivity contribution in [2.75, 3.05) is 0 Å². The van der Waals surface area contributed by atoms with Crippen molar-refractivity contribution in [3.8, 4) is 16.8 Å². The molecule has 43 heavy (non-hydrogen) atoms. The van der Waals surface area contributed by atoms with Crippen molar-refractivity contribution >= 4 is 108 Å². The quantitative estimate of drug-likeness (QED) is 0.209. The summed E-state index contributed by atoms with van der Waals surface area (Å²) in [6.07, 6.45) is 0. The minimum Gasteiger partial charge on any atom is -0.354 e. The van der Waals surface area contributed by atoms with E-state index in [0.29, 0.717) is 4.47 Å². The van der Waals surface area contributed by atoms with Crippen LogP contribution in [-0.2, 0) is 0 Å². The maximum absolute atomic E-state index is 6.34. The Bertz CT molecular complexity index is 2760. The fourth-order valence-electron chi connectivity index (χ4n) is 6.82. The number of aromatic amines is 1. The Morgan fingerprint density at radius 2 is 1.42 bits per heavy atom. The van der Waals surface area contributed by atoms with Gasteiger partial charge in [-0.15, -0.1) is 22.7 Å². The summed E-state index contributed by atoms with van der Waals surface area (Å²) in [5.74, 6) is 0. The van der Waals surface area contributed by atoms with Crippen LogP contribution in [0, 0.1) is 0 Å². The molecule has 0 bridgehead atoms. The van der Waals surface area contributed by atoms with Crippen LogP contribution < -0.4 is 0 Å². The summed E-state index contributed by atoms with van der Waals surface area (Å²) < 4.78 is 6.69.